The molecule has 1 aliphatic heterocycles. The molecule has 2 aromatic carbocycles. The summed E-state index contributed by atoms with van der Waals surface area (Å²) in [6.45, 7) is 1.52. The molecule has 0 aromatic heterocycles. The van der Waals surface area contributed by atoms with Crippen molar-refractivity contribution < 1.29 is 19.1 Å². The average Bonchev–Trinajstić information content (AvgIpc) is 2.71. The van der Waals surface area contributed by atoms with Crippen LogP contribution in [-0.2, 0) is 24.2 Å². The molecule has 7 nitrogen and oxygen atoms in total. The first-order valence-electron chi connectivity index (χ1n) is 8.71. The summed E-state index contributed by atoms with van der Waals surface area (Å²) in [4.78, 5) is 25.5. The zero-order chi connectivity index (χ0) is 19.2. The van der Waals surface area contributed by atoms with Crippen LogP contribution in [0.15, 0.2) is 42.5 Å². The fourth-order valence-electron chi connectivity index (χ4n) is 3.02. The van der Waals surface area contributed by atoms with Gasteiger partial charge in [0.15, 0.2) is 0 Å². The zero-order valence-corrected chi connectivity index (χ0v) is 15.5. The Bertz CT molecular complexity index is 820. The summed E-state index contributed by atoms with van der Waals surface area (Å²) < 4.78 is 9.90. The van der Waals surface area contributed by atoms with Crippen LogP contribution in [0.3, 0.4) is 0 Å². The number of fused-ring (bicyclic) bond motifs is 1. The second kappa shape index (κ2) is 8.44. The summed E-state index contributed by atoms with van der Waals surface area (Å²) in [5, 5.41) is 5.66. The molecule has 0 saturated heterocycles. The van der Waals surface area contributed by atoms with Gasteiger partial charge in [-0.1, -0.05) is 18.2 Å². The molecule has 142 valence electrons. The minimum Gasteiger partial charge on any atom is -0.497 e. The standard InChI is InChI=1S/C20H23N3O4/c1-26-18-7-3-14(4-8-18)12-21-19(24)22-17-6-5-15-9-10-23(20(25)27-2)13-16(15)11-17/h3-8,11H,9-10,12-13H2,1-2H3,(H2,21,22,24). The molecule has 0 spiro atoms. The van der Waals surface area contributed by atoms with E-state index >= 15 is 0 Å². The molecule has 0 radical (unpaired) electrons. The third kappa shape index (κ3) is 4.69. The second-order valence-corrected chi connectivity index (χ2v) is 6.28. The maximum Gasteiger partial charge on any atom is 0.409 e. The van der Waals surface area contributed by atoms with Gasteiger partial charge < -0.3 is 25.0 Å². The van der Waals surface area contributed by atoms with Gasteiger partial charge in [0, 0.05) is 25.3 Å². The first kappa shape index (κ1) is 18.6. The molecule has 2 aromatic rings. The van der Waals surface area contributed by atoms with Gasteiger partial charge in [-0.25, -0.2) is 9.59 Å². The van der Waals surface area contributed by atoms with Crippen molar-refractivity contribution in [3.63, 3.8) is 0 Å². The number of carbonyl (C=O) groups excluding carboxylic acids is 2. The first-order valence-corrected chi connectivity index (χ1v) is 8.71. The summed E-state index contributed by atoms with van der Waals surface area (Å²) in [5.41, 5.74) is 3.86. The van der Waals surface area contributed by atoms with Crippen molar-refractivity contribution in [3.8, 4) is 5.75 Å². The molecule has 0 unspecified atom stereocenters. The van der Waals surface area contributed by atoms with E-state index in [-0.39, 0.29) is 12.1 Å². The van der Waals surface area contributed by atoms with Crippen LogP contribution in [0.4, 0.5) is 15.3 Å². The SMILES string of the molecule is COC(=O)N1CCc2ccc(NC(=O)NCc3ccc(OC)cc3)cc2C1. The first-order chi connectivity index (χ1) is 13.1. The number of amides is 3. The highest BCUT2D eigenvalue weighted by Gasteiger charge is 2.21. The van der Waals surface area contributed by atoms with Crippen molar-refractivity contribution in [3.05, 3.63) is 59.2 Å². The number of urea groups is 1. The Morgan fingerprint density at radius 3 is 2.56 bits per heavy atom. The van der Waals surface area contributed by atoms with Crippen molar-refractivity contribution >= 4 is 17.8 Å². The molecule has 3 rings (SSSR count). The lowest BCUT2D eigenvalue weighted by atomic mass is 9.99. The van der Waals surface area contributed by atoms with E-state index in [2.05, 4.69) is 10.6 Å². The third-order valence-electron chi connectivity index (χ3n) is 4.52. The van der Waals surface area contributed by atoms with Gasteiger partial charge in [0.1, 0.15) is 5.75 Å². The van der Waals surface area contributed by atoms with Gasteiger partial charge in [-0.2, -0.15) is 0 Å². The summed E-state index contributed by atoms with van der Waals surface area (Å²) in [7, 11) is 2.99. The van der Waals surface area contributed by atoms with E-state index in [0.717, 1.165) is 23.3 Å². The average molecular weight is 369 g/mol. The van der Waals surface area contributed by atoms with Crippen LogP contribution in [0.1, 0.15) is 16.7 Å². The summed E-state index contributed by atoms with van der Waals surface area (Å²) >= 11 is 0. The molecule has 0 aliphatic carbocycles. The van der Waals surface area contributed by atoms with Crippen LogP contribution in [0.2, 0.25) is 0 Å². The van der Waals surface area contributed by atoms with E-state index in [1.54, 1.807) is 12.0 Å². The highest BCUT2D eigenvalue weighted by molar-refractivity contribution is 5.89. The number of carbonyl (C=O) groups is 2. The minimum atomic E-state index is -0.337. The monoisotopic (exact) mass is 369 g/mol. The smallest absolute Gasteiger partial charge is 0.409 e. The van der Waals surface area contributed by atoms with Gasteiger partial charge in [0.25, 0.3) is 0 Å². The fraction of sp³-hybridized carbons (Fsp3) is 0.300. The Kier molecular flexibility index (Phi) is 5.80. The molecule has 0 saturated carbocycles. The minimum absolute atomic E-state index is 0.286. The molecule has 7 heteroatoms. The van der Waals surface area contributed by atoms with Gasteiger partial charge in [0.2, 0.25) is 0 Å². The molecule has 27 heavy (non-hydrogen) atoms. The van der Waals surface area contributed by atoms with Gasteiger partial charge in [-0.15, -0.1) is 0 Å². The number of hydrogen-bond acceptors (Lipinski definition) is 4. The predicted molar refractivity (Wildman–Crippen MR) is 102 cm³/mol. The predicted octanol–water partition coefficient (Wildman–Crippen LogP) is 3.14. The van der Waals surface area contributed by atoms with Crippen molar-refractivity contribution in [1.82, 2.24) is 10.2 Å². The Morgan fingerprint density at radius 2 is 1.85 bits per heavy atom. The number of benzene rings is 2. The normalized spacial score (nSPS) is 12.7. The van der Waals surface area contributed by atoms with Crippen LogP contribution in [0, 0.1) is 0 Å². The Hall–Kier alpha value is -3.22. The van der Waals surface area contributed by atoms with Crippen LogP contribution < -0.4 is 15.4 Å². The van der Waals surface area contributed by atoms with E-state index in [9.17, 15) is 9.59 Å². The zero-order valence-electron chi connectivity index (χ0n) is 15.5. The molecular weight excluding hydrogens is 346 g/mol. The lowest BCUT2D eigenvalue weighted by Crippen LogP contribution is -2.36. The Morgan fingerprint density at radius 1 is 1.07 bits per heavy atom. The largest absolute Gasteiger partial charge is 0.497 e. The van der Waals surface area contributed by atoms with E-state index in [1.807, 2.05) is 42.5 Å². The maximum atomic E-state index is 12.2. The maximum absolute atomic E-state index is 12.2. The van der Waals surface area contributed by atoms with Crippen LogP contribution >= 0.6 is 0 Å². The van der Waals surface area contributed by atoms with Gasteiger partial charge >= 0.3 is 12.1 Å². The molecule has 0 bridgehead atoms. The van der Waals surface area contributed by atoms with Crippen LogP contribution in [0.25, 0.3) is 0 Å². The van der Waals surface area contributed by atoms with Crippen molar-refractivity contribution in [2.45, 2.75) is 19.5 Å². The van der Waals surface area contributed by atoms with E-state index in [1.165, 1.54) is 12.7 Å². The molecule has 1 aliphatic rings. The number of methoxy groups -OCH3 is 2. The number of nitrogens with zero attached hydrogens (tertiary/aromatic N) is 1. The number of rotatable bonds is 4. The van der Waals surface area contributed by atoms with E-state index < -0.39 is 0 Å². The van der Waals surface area contributed by atoms with Crippen LogP contribution in [0.5, 0.6) is 5.75 Å². The lowest BCUT2D eigenvalue weighted by molar-refractivity contribution is 0.118. The Balaban J connectivity index is 1.57. The van der Waals surface area contributed by atoms with E-state index in [4.69, 9.17) is 9.47 Å². The van der Waals surface area contributed by atoms with Gasteiger partial charge in [0.05, 0.1) is 14.2 Å². The Labute approximate surface area is 158 Å². The molecular formula is C20H23N3O4. The van der Waals surface area contributed by atoms with Crippen LogP contribution in [-0.4, -0.2) is 37.8 Å². The molecule has 3 amide bonds. The van der Waals surface area contributed by atoms with Gasteiger partial charge in [-0.3, -0.25) is 0 Å². The molecule has 0 fully saturated rings. The molecule has 0 atom stereocenters. The molecule has 2 N–H and O–H groups in total. The van der Waals surface area contributed by atoms with Crippen molar-refractivity contribution in [2.24, 2.45) is 0 Å². The summed E-state index contributed by atoms with van der Waals surface area (Å²) in [6.07, 6.45) is 0.435. The quantitative estimate of drug-likeness (QED) is 0.868. The summed E-state index contributed by atoms with van der Waals surface area (Å²) in [5.74, 6) is 0.776. The highest BCUT2D eigenvalue weighted by Crippen LogP contribution is 2.23. The van der Waals surface area contributed by atoms with Crippen molar-refractivity contribution in [2.75, 3.05) is 26.1 Å². The van der Waals surface area contributed by atoms with Gasteiger partial charge in [-0.05, 0) is 47.4 Å². The number of nitrogens with one attached hydrogen (secondary N) is 2. The molecule has 1 heterocycles. The number of ether oxygens (including phenoxy) is 2. The van der Waals surface area contributed by atoms with E-state index in [0.29, 0.717) is 25.3 Å². The van der Waals surface area contributed by atoms with Crippen molar-refractivity contribution in [1.29, 1.82) is 0 Å². The third-order valence-corrected chi connectivity index (χ3v) is 4.52. The summed E-state index contributed by atoms with van der Waals surface area (Å²) in [6, 6.07) is 13.0. The lowest BCUT2D eigenvalue weighted by Gasteiger charge is -2.28. The fourth-order valence-corrected chi connectivity index (χ4v) is 3.02. The second-order valence-electron chi connectivity index (χ2n) is 6.28. The topological polar surface area (TPSA) is 79.9 Å². The number of hydrogen-bond donors (Lipinski definition) is 2. The number of anilines is 1. The highest BCUT2D eigenvalue weighted by atomic mass is 16.5.